The lowest BCUT2D eigenvalue weighted by atomic mass is 10.1. The third-order valence-corrected chi connectivity index (χ3v) is 4.86. The lowest BCUT2D eigenvalue weighted by Crippen LogP contribution is -2.22. The molecule has 24 heavy (non-hydrogen) atoms. The molecule has 122 valence electrons. The molecule has 0 unspecified atom stereocenters. The van der Waals surface area contributed by atoms with Crippen molar-refractivity contribution in [2.45, 2.75) is 26.8 Å². The van der Waals surface area contributed by atoms with Crippen LogP contribution in [-0.4, -0.2) is 10.9 Å². The number of amides is 1. The van der Waals surface area contributed by atoms with Gasteiger partial charge < -0.3 is 5.32 Å². The van der Waals surface area contributed by atoms with Crippen LogP contribution >= 0.6 is 11.3 Å². The maximum absolute atomic E-state index is 12.3. The molecule has 1 aromatic heterocycles. The van der Waals surface area contributed by atoms with Gasteiger partial charge in [-0.15, -0.1) is 11.3 Å². The van der Waals surface area contributed by atoms with Crippen LogP contribution in [0.4, 0.5) is 0 Å². The Bertz CT molecular complexity index is 820. The van der Waals surface area contributed by atoms with Crippen molar-refractivity contribution in [3.63, 3.8) is 0 Å². The second kappa shape index (κ2) is 7.41. The maximum Gasteiger partial charge on any atom is 0.251 e. The number of hydrogen-bond donors (Lipinski definition) is 1. The van der Waals surface area contributed by atoms with Gasteiger partial charge in [0.2, 0.25) is 0 Å². The van der Waals surface area contributed by atoms with Crippen molar-refractivity contribution >= 4 is 17.2 Å². The topological polar surface area (TPSA) is 42.0 Å². The van der Waals surface area contributed by atoms with Gasteiger partial charge in [-0.1, -0.05) is 48.9 Å². The minimum absolute atomic E-state index is 0.0605. The summed E-state index contributed by atoms with van der Waals surface area (Å²) in [6, 6.07) is 15.8. The highest BCUT2D eigenvalue weighted by molar-refractivity contribution is 7.09. The van der Waals surface area contributed by atoms with Gasteiger partial charge in [-0.2, -0.15) is 0 Å². The van der Waals surface area contributed by atoms with E-state index in [1.54, 1.807) is 11.3 Å². The Balaban J connectivity index is 1.64. The van der Waals surface area contributed by atoms with Crippen LogP contribution in [0.3, 0.4) is 0 Å². The molecule has 1 amide bonds. The Labute approximate surface area is 146 Å². The van der Waals surface area contributed by atoms with E-state index in [4.69, 9.17) is 0 Å². The third kappa shape index (κ3) is 3.89. The Morgan fingerprint density at radius 2 is 1.79 bits per heavy atom. The van der Waals surface area contributed by atoms with Crippen LogP contribution in [0.25, 0.3) is 11.3 Å². The van der Waals surface area contributed by atoms with Crippen LogP contribution in [0.5, 0.6) is 0 Å². The zero-order chi connectivity index (χ0) is 16.9. The minimum atomic E-state index is -0.0605. The van der Waals surface area contributed by atoms with Gasteiger partial charge in [0.15, 0.2) is 0 Å². The zero-order valence-corrected chi connectivity index (χ0v) is 14.7. The molecule has 0 atom stereocenters. The number of carbonyl (C=O) groups is 1. The molecule has 3 aromatic rings. The highest BCUT2D eigenvalue weighted by Gasteiger charge is 2.07. The molecule has 1 N–H and O–H groups in total. The smallest absolute Gasteiger partial charge is 0.251 e. The average molecular weight is 336 g/mol. The van der Waals surface area contributed by atoms with Gasteiger partial charge >= 0.3 is 0 Å². The van der Waals surface area contributed by atoms with Gasteiger partial charge in [-0.05, 0) is 31.0 Å². The van der Waals surface area contributed by atoms with Crippen LogP contribution in [0.15, 0.2) is 53.9 Å². The van der Waals surface area contributed by atoms with Crippen molar-refractivity contribution < 1.29 is 4.79 Å². The average Bonchev–Trinajstić information content (AvgIpc) is 3.10. The van der Waals surface area contributed by atoms with Crippen molar-refractivity contribution in [2.24, 2.45) is 0 Å². The standard InChI is InChI=1S/C20H20N2OS/c1-3-19-22-18(13-24-19)16-8-10-17(11-9-16)20(23)21-12-15-6-4-14(2)5-7-15/h4-11,13H,3,12H2,1-2H3,(H,21,23). The third-order valence-electron chi connectivity index (χ3n) is 3.87. The quantitative estimate of drug-likeness (QED) is 0.739. The highest BCUT2D eigenvalue weighted by Crippen LogP contribution is 2.22. The van der Waals surface area contributed by atoms with Crippen molar-refractivity contribution in [1.29, 1.82) is 0 Å². The molecule has 0 fully saturated rings. The van der Waals surface area contributed by atoms with Gasteiger partial charge in [-0.25, -0.2) is 4.98 Å². The van der Waals surface area contributed by atoms with E-state index >= 15 is 0 Å². The van der Waals surface area contributed by atoms with Crippen LogP contribution in [-0.2, 0) is 13.0 Å². The van der Waals surface area contributed by atoms with Crippen LogP contribution in [0.2, 0.25) is 0 Å². The molecule has 3 nitrogen and oxygen atoms in total. The van der Waals surface area contributed by atoms with E-state index in [0.29, 0.717) is 12.1 Å². The van der Waals surface area contributed by atoms with E-state index in [1.165, 1.54) is 5.56 Å². The predicted octanol–water partition coefficient (Wildman–Crippen LogP) is 4.61. The largest absolute Gasteiger partial charge is 0.348 e. The number of aromatic nitrogens is 1. The Hall–Kier alpha value is -2.46. The van der Waals surface area contributed by atoms with Crippen LogP contribution in [0.1, 0.15) is 33.4 Å². The SMILES string of the molecule is CCc1nc(-c2ccc(C(=O)NCc3ccc(C)cc3)cc2)cs1. The first kappa shape index (κ1) is 16.4. The van der Waals surface area contributed by atoms with E-state index in [2.05, 4.69) is 41.7 Å². The molecule has 0 bridgehead atoms. The summed E-state index contributed by atoms with van der Waals surface area (Å²) in [6.45, 7) is 4.69. The number of carbonyl (C=O) groups excluding carboxylic acids is 1. The molecule has 0 saturated heterocycles. The summed E-state index contributed by atoms with van der Waals surface area (Å²) in [5.41, 5.74) is 5.00. The number of thiazole rings is 1. The zero-order valence-electron chi connectivity index (χ0n) is 13.9. The Kier molecular flexibility index (Phi) is 5.06. The molecule has 4 heteroatoms. The fourth-order valence-electron chi connectivity index (χ4n) is 2.39. The fraction of sp³-hybridized carbons (Fsp3) is 0.200. The molecule has 0 saturated carbocycles. The number of nitrogens with one attached hydrogen (secondary N) is 1. The van der Waals surface area contributed by atoms with E-state index in [-0.39, 0.29) is 5.91 Å². The summed E-state index contributed by atoms with van der Waals surface area (Å²) >= 11 is 1.67. The maximum atomic E-state index is 12.3. The van der Waals surface area contributed by atoms with Crippen molar-refractivity contribution in [2.75, 3.05) is 0 Å². The molecule has 0 spiro atoms. The van der Waals surface area contributed by atoms with Crippen molar-refractivity contribution in [3.8, 4) is 11.3 Å². The van der Waals surface area contributed by atoms with Gasteiger partial charge in [-0.3, -0.25) is 4.79 Å². The van der Waals surface area contributed by atoms with Crippen molar-refractivity contribution in [3.05, 3.63) is 75.6 Å². The van der Waals surface area contributed by atoms with Crippen molar-refractivity contribution in [1.82, 2.24) is 10.3 Å². The molecular weight excluding hydrogens is 316 g/mol. The summed E-state index contributed by atoms with van der Waals surface area (Å²) in [6.07, 6.45) is 0.949. The molecule has 1 heterocycles. The normalized spacial score (nSPS) is 10.6. The number of nitrogens with zero attached hydrogens (tertiary/aromatic N) is 1. The van der Waals surface area contributed by atoms with Gasteiger partial charge in [0, 0.05) is 23.1 Å². The van der Waals surface area contributed by atoms with E-state index in [0.717, 1.165) is 28.2 Å². The van der Waals surface area contributed by atoms with Gasteiger partial charge in [0.1, 0.15) is 0 Å². The van der Waals surface area contributed by atoms with Crippen LogP contribution < -0.4 is 5.32 Å². The van der Waals surface area contributed by atoms with Gasteiger partial charge in [0.25, 0.3) is 5.91 Å². The lowest BCUT2D eigenvalue weighted by molar-refractivity contribution is 0.0951. The van der Waals surface area contributed by atoms with Crippen LogP contribution in [0, 0.1) is 6.92 Å². The Morgan fingerprint density at radius 1 is 1.08 bits per heavy atom. The first-order valence-corrected chi connectivity index (χ1v) is 8.92. The Morgan fingerprint density at radius 3 is 2.42 bits per heavy atom. The van der Waals surface area contributed by atoms with E-state index in [9.17, 15) is 4.79 Å². The lowest BCUT2D eigenvalue weighted by Gasteiger charge is -2.06. The summed E-state index contributed by atoms with van der Waals surface area (Å²) in [4.78, 5) is 16.8. The molecular formula is C20H20N2OS. The second-order valence-electron chi connectivity index (χ2n) is 5.73. The molecule has 3 rings (SSSR count). The van der Waals surface area contributed by atoms with E-state index < -0.39 is 0 Å². The molecule has 0 aliphatic rings. The molecule has 2 aromatic carbocycles. The minimum Gasteiger partial charge on any atom is -0.348 e. The fourth-order valence-corrected chi connectivity index (χ4v) is 3.14. The molecule has 0 radical (unpaired) electrons. The molecule has 0 aliphatic heterocycles. The predicted molar refractivity (Wildman–Crippen MR) is 99.3 cm³/mol. The van der Waals surface area contributed by atoms with Gasteiger partial charge in [0.05, 0.1) is 10.7 Å². The number of benzene rings is 2. The first-order chi connectivity index (χ1) is 11.7. The second-order valence-corrected chi connectivity index (χ2v) is 6.67. The monoisotopic (exact) mass is 336 g/mol. The number of aryl methyl sites for hydroxylation is 2. The van der Waals surface area contributed by atoms with E-state index in [1.807, 2.05) is 36.4 Å². The first-order valence-electron chi connectivity index (χ1n) is 8.04. The summed E-state index contributed by atoms with van der Waals surface area (Å²) in [5.74, 6) is -0.0605. The summed E-state index contributed by atoms with van der Waals surface area (Å²) in [5, 5.41) is 6.15. The molecule has 0 aliphatic carbocycles. The summed E-state index contributed by atoms with van der Waals surface area (Å²) in [7, 11) is 0. The highest BCUT2D eigenvalue weighted by atomic mass is 32.1. The number of hydrogen-bond acceptors (Lipinski definition) is 3. The number of rotatable bonds is 5. The summed E-state index contributed by atoms with van der Waals surface area (Å²) < 4.78 is 0.